The van der Waals surface area contributed by atoms with Crippen LogP contribution in [-0.4, -0.2) is 40.9 Å². The second-order valence-corrected chi connectivity index (χ2v) is 6.77. The lowest BCUT2D eigenvalue weighted by atomic mass is 10.0. The Kier molecular flexibility index (Phi) is 5.99. The van der Waals surface area contributed by atoms with Crippen LogP contribution in [0, 0.1) is 0 Å². The smallest absolute Gasteiger partial charge is 0.244 e. The van der Waals surface area contributed by atoms with Crippen molar-refractivity contribution in [3.63, 3.8) is 0 Å². The van der Waals surface area contributed by atoms with Gasteiger partial charge in [-0.1, -0.05) is 11.8 Å². The molecule has 0 unspecified atom stereocenters. The van der Waals surface area contributed by atoms with E-state index in [0.29, 0.717) is 28.7 Å². The fourth-order valence-corrected chi connectivity index (χ4v) is 3.33. The van der Waals surface area contributed by atoms with Gasteiger partial charge < -0.3 is 14.0 Å². The van der Waals surface area contributed by atoms with Crippen LogP contribution in [0.4, 0.5) is 0 Å². The normalized spacial score (nSPS) is 11.7. The van der Waals surface area contributed by atoms with Gasteiger partial charge in [-0.2, -0.15) is 4.99 Å². The Morgan fingerprint density at radius 2 is 1.86 bits per heavy atom. The Morgan fingerprint density at radius 3 is 2.39 bits per heavy atom. The Balaban J connectivity index is 2.44. The van der Waals surface area contributed by atoms with E-state index in [0.717, 1.165) is 22.2 Å². The molecule has 28 heavy (non-hydrogen) atoms. The maximum Gasteiger partial charge on any atom is 0.244 e. The lowest BCUT2D eigenvalue weighted by Crippen LogP contribution is -2.25. The third-order valence-electron chi connectivity index (χ3n) is 4.25. The summed E-state index contributed by atoms with van der Waals surface area (Å²) in [6, 6.07) is 7.52. The average molecular weight is 398 g/mol. The minimum Gasteiger partial charge on any atom is -0.497 e. The van der Waals surface area contributed by atoms with E-state index in [2.05, 4.69) is 15.0 Å². The Labute approximate surface area is 167 Å². The van der Waals surface area contributed by atoms with Crippen molar-refractivity contribution in [3.8, 4) is 22.6 Å². The zero-order valence-electron chi connectivity index (χ0n) is 16.5. The van der Waals surface area contributed by atoms with Gasteiger partial charge in [0.1, 0.15) is 22.6 Å². The molecule has 2 heterocycles. The number of aromatic nitrogens is 3. The van der Waals surface area contributed by atoms with E-state index < -0.39 is 0 Å². The molecular formula is C20H22N4O3S. The molecule has 3 aromatic rings. The molecule has 0 fully saturated rings. The van der Waals surface area contributed by atoms with Gasteiger partial charge in [0.25, 0.3) is 0 Å². The number of methoxy groups -OCH3 is 2. The van der Waals surface area contributed by atoms with E-state index in [9.17, 15) is 4.79 Å². The van der Waals surface area contributed by atoms with E-state index in [1.165, 1.54) is 18.7 Å². The lowest BCUT2D eigenvalue weighted by molar-refractivity contribution is -0.116. The molecule has 0 spiro atoms. The minimum absolute atomic E-state index is 0.281. The first-order chi connectivity index (χ1) is 13.5. The number of hydrogen-bond acceptors (Lipinski definition) is 6. The summed E-state index contributed by atoms with van der Waals surface area (Å²) in [4.78, 5) is 25.2. The van der Waals surface area contributed by atoms with Crippen LogP contribution < -0.4 is 15.0 Å². The summed E-state index contributed by atoms with van der Waals surface area (Å²) < 4.78 is 12.7. The number of nitrogens with zero attached hydrogens (tertiary/aromatic N) is 4. The van der Waals surface area contributed by atoms with Gasteiger partial charge in [0.15, 0.2) is 5.16 Å². The quantitative estimate of drug-likeness (QED) is 0.485. The highest BCUT2D eigenvalue weighted by Gasteiger charge is 2.14. The van der Waals surface area contributed by atoms with Crippen LogP contribution >= 0.6 is 11.8 Å². The van der Waals surface area contributed by atoms with Crippen LogP contribution in [0.5, 0.6) is 11.5 Å². The maximum atomic E-state index is 11.9. The Morgan fingerprint density at radius 1 is 1.18 bits per heavy atom. The predicted octanol–water partition coefficient (Wildman–Crippen LogP) is 3.30. The minimum atomic E-state index is -0.281. The monoisotopic (exact) mass is 398 g/mol. The highest BCUT2D eigenvalue weighted by atomic mass is 32.2. The van der Waals surface area contributed by atoms with Gasteiger partial charge in [-0.05, 0) is 36.9 Å². The van der Waals surface area contributed by atoms with E-state index >= 15 is 0 Å². The zero-order valence-corrected chi connectivity index (χ0v) is 17.3. The van der Waals surface area contributed by atoms with Gasteiger partial charge in [0, 0.05) is 36.7 Å². The van der Waals surface area contributed by atoms with Crippen molar-refractivity contribution in [1.29, 1.82) is 0 Å². The van der Waals surface area contributed by atoms with Gasteiger partial charge in [0.05, 0.1) is 14.2 Å². The predicted molar refractivity (Wildman–Crippen MR) is 110 cm³/mol. The second-order valence-electron chi connectivity index (χ2n) is 5.99. The third-order valence-corrected chi connectivity index (χ3v) is 4.81. The van der Waals surface area contributed by atoms with Gasteiger partial charge >= 0.3 is 0 Å². The second kappa shape index (κ2) is 8.43. The standard InChI is InChI=1S/C20H22N4O3S/c1-6-24-18-14(11-21-20(23-18)28-5)9-17(19(24)22-12(2)25)13-7-15(26-3)10-16(8-13)27-4/h7-11H,6H2,1-5H3/b22-19-. The number of ether oxygens (including phenoxy) is 2. The van der Waals surface area contributed by atoms with Crippen LogP contribution in [0.1, 0.15) is 13.8 Å². The van der Waals surface area contributed by atoms with Crippen molar-refractivity contribution in [2.24, 2.45) is 4.99 Å². The van der Waals surface area contributed by atoms with Crippen molar-refractivity contribution in [3.05, 3.63) is 36.0 Å². The van der Waals surface area contributed by atoms with Crippen LogP contribution in [0.25, 0.3) is 22.2 Å². The molecule has 0 N–H and O–H groups in total. The Bertz CT molecular complexity index is 1090. The number of aryl methyl sites for hydroxylation is 1. The van der Waals surface area contributed by atoms with Gasteiger partial charge in [-0.15, -0.1) is 0 Å². The van der Waals surface area contributed by atoms with E-state index in [-0.39, 0.29) is 5.91 Å². The van der Waals surface area contributed by atoms with Crippen molar-refractivity contribution in [2.45, 2.75) is 25.5 Å². The maximum absolute atomic E-state index is 11.9. The molecule has 0 saturated heterocycles. The number of fused-ring (bicyclic) bond motifs is 1. The highest BCUT2D eigenvalue weighted by Crippen LogP contribution is 2.29. The molecule has 3 rings (SSSR count). The molecule has 7 nitrogen and oxygen atoms in total. The van der Waals surface area contributed by atoms with Crippen molar-refractivity contribution in [2.75, 3.05) is 20.5 Å². The fraction of sp³-hybridized carbons (Fsp3) is 0.300. The van der Waals surface area contributed by atoms with Crippen LogP contribution in [0.2, 0.25) is 0 Å². The molecule has 0 radical (unpaired) electrons. The first-order valence-corrected chi connectivity index (χ1v) is 9.96. The van der Waals surface area contributed by atoms with Crippen molar-refractivity contribution < 1.29 is 14.3 Å². The molecule has 1 amide bonds. The van der Waals surface area contributed by atoms with Gasteiger partial charge in [-0.3, -0.25) is 4.79 Å². The SMILES string of the molecule is CCn1/c(=N\C(C)=O)c(-c2cc(OC)cc(OC)c2)cc2cnc(SC)nc21. The molecule has 1 aromatic carbocycles. The van der Waals surface area contributed by atoms with Crippen molar-refractivity contribution >= 4 is 28.7 Å². The van der Waals surface area contributed by atoms with E-state index in [1.807, 2.05) is 35.9 Å². The molecule has 0 aliphatic heterocycles. The zero-order chi connectivity index (χ0) is 20.3. The average Bonchev–Trinajstić information content (AvgIpc) is 2.71. The molecule has 2 aromatic heterocycles. The summed E-state index contributed by atoms with van der Waals surface area (Å²) in [5, 5.41) is 1.53. The Hall–Kier alpha value is -2.87. The summed E-state index contributed by atoms with van der Waals surface area (Å²) in [6.45, 7) is 4.03. The number of amides is 1. The van der Waals surface area contributed by atoms with Gasteiger partial charge in [-0.25, -0.2) is 9.97 Å². The van der Waals surface area contributed by atoms with E-state index in [1.54, 1.807) is 26.5 Å². The van der Waals surface area contributed by atoms with Crippen LogP contribution in [0.15, 0.2) is 40.6 Å². The number of rotatable bonds is 5. The molecular weight excluding hydrogens is 376 g/mol. The topological polar surface area (TPSA) is 78.6 Å². The fourth-order valence-electron chi connectivity index (χ4n) is 2.99. The summed E-state index contributed by atoms with van der Waals surface area (Å²) in [7, 11) is 3.20. The summed E-state index contributed by atoms with van der Waals surface area (Å²) in [6.07, 6.45) is 3.72. The van der Waals surface area contributed by atoms with Crippen LogP contribution in [-0.2, 0) is 11.3 Å². The lowest BCUT2D eigenvalue weighted by Gasteiger charge is -2.15. The molecule has 0 aliphatic rings. The third kappa shape index (κ3) is 3.87. The molecule has 8 heteroatoms. The number of thioether (sulfide) groups is 1. The summed E-state index contributed by atoms with van der Waals surface area (Å²) in [5.74, 6) is 1.03. The van der Waals surface area contributed by atoms with Crippen molar-refractivity contribution in [1.82, 2.24) is 14.5 Å². The van der Waals surface area contributed by atoms with Crippen LogP contribution in [0.3, 0.4) is 0 Å². The summed E-state index contributed by atoms with van der Waals surface area (Å²) >= 11 is 1.47. The first-order valence-electron chi connectivity index (χ1n) is 8.74. The number of carbonyl (C=O) groups is 1. The van der Waals surface area contributed by atoms with Gasteiger partial charge in [0.2, 0.25) is 5.91 Å². The number of benzene rings is 1. The molecule has 0 atom stereocenters. The molecule has 0 aliphatic carbocycles. The number of hydrogen-bond donors (Lipinski definition) is 0. The van der Waals surface area contributed by atoms with E-state index in [4.69, 9.17) is 9.47 Å². The molecule has 0 saturated carbocycles. The number of pyridine rings is 1. The highest BCUT2D eigenvalue weighted by molar-refractivity contribution is 7.98. The largest absolute Gasteiger partial charge is 0.497 e. The summed E-state index contributed by atoms with van der Waals surface area (Å²) in [5.41, 5.74) is 2.89. The number of carbonyl (C=O) groups excluding carboxylic acids is 1. The molecule has 0 bridgehead atoms. The first kappa shape index (κ1) is 19.9. The molecule has 146 valence electrons.